The minimum absolute atomic E-state index is 0.0995. The molecule has 1 atom stereocenters. The Bertz CT molecular complexity index is 510. The number of rotatable bonds is 3. The fraction of sp³-hybridized carbons (Fsp3) is 0.588. The van der Waals surface area contributed by atoms with Crippen LogP contribution in [0.25, 0.3) is 0 Å². The Hall–Kier alpha value is -1.22. The molecule has 0 aromatic heterocycles. The topological polar surface area (TPSA) is 32.3 Å². The summed E-state index contributed by atoms with van der Waals surface area (Å²) in [4.78, 5) is 14.3. The number of hydrogen-bond donors (Lipinski definition) is 1. The largest absolute Gasteiger partial charge is 0.337 e. The highest BCUT2D eigenvalue weighted by Crippen LogP contribution is 2.47. The standard InChI is InChI=1S/C17H23ClN2O/c1-13-4-2-3-11-20(13)16(21)19-12-17(9-10-17)14-5-7-15(18)8-6-14/h5-8,13H,2-4,9-12H2,1H3,(H,19,21). The van der Waals surface area contributed by atoms with Crippen LogP contribution in [0.3, 0.4) is 0 Å². The highest BCUT2D eigenvalue weighted by molar-refractivity contribution is 6.30. The molecular formula is C17H23ClN2O. The van der Waals surface area contributed by atoms with Crippen molar-refractivity contribution in [2.24, 2.45) is 0 Å². The normalized spacial score (nSPS) is 23.7. The lowest BCUT2D eigenvalue weighted by Gasteiger charge is -2.34. The van der Waals surface area contributed by atoms with Crippen molar-refractivity contribution in [1.29, 1.82) is 0 Å². The number of piperidine rings is 1. The van der Waals surface area contributed by atoms with Gasteiger partial charge in [-0.15, -0.1) is 0 Å². The number of carbonyl (C=O) groups is 1. The molecule has 1 aliphatic carbocycles. The lowest BCUT2D eigenvalue weighted by Crippen LogP contribution is -2.49. The van der Waals surface area contributed by atoms with Gasteiger partial charge >= 0.3 is 6.03 Å². The minimum Gasteiger partial charge on any atom is -0.337 e. The van der Waals surface area contributed by atoms with Gasteiger partial charge in [0.1, 0.15) is 0 Å². The van der Waals surface area contributed by atoms with Crippen LogP contribution < -0.4 is 5.32 Å². The molecule has 3 rings (SSSR count). The molecule has 3 nitrogen and oxygen atoms in total. The van der Waals surface area contributed by atoms with Gasteiger partial charge in [0.2, 0.25) is 0 Å². The fourth-order valence-corrected chi connectivity index (χ4v) is 3.39. The summed E-state index contributed by atoms with van der Waals surface area (Å²) in [5.74, 6) is 0. The molecule has 114 valence electrons. The fourth-order valence-electron chi connectivity index (χ4n) is 3.27. The van der Waals surface area contributed by atoms with Crippen LogP contribution in [0.5, 0.6) is 0 Å². The first kappa shape index (κ1) is 14.7. The summed E-state index contributed by atoms with van der Waals surface area (Å²) in [6, 6.07) is 8.51. The van der Waals surface area contributed by atoms with Gasteiger partial charge in [-0.2, -0.15) is 0 Å². The number of urea groups is 1. The summed E-state index contributed by atoms with van der Waals surface area (Å²) in [5, 5.41) is 3.92. The van der Waals surface area contributed by atoms with Gasteiger partial charge in [-0.05, 0) is 56.7 Å². The van der Waals surface area contributed by atoms with E-state index in [-0.39, 0.29) is 11.4 Å². The van der Waals surface area contributed by atoms with E-state index in [4.69, 9.17) is 11.6 Å². The maximum atomic E-state index is 12.4. The van der Waals surface area contributed by atoms with Gasteiger partial charge in [0, 0.05) is 29.6 Å². The van der Waals surface area contributed by atoms with Crippen LogP contribution in [0.15, 0.2) is 24.3 Å². The maximum Gasteiger partial charge on any atom is 0.317 e. The van der Waals surface area contributed by atoms with Gasteiger partial charge in [0.25, 0.3) is 0 Å². The molecule has 1 saturated carbocycles. The smallest absolute Gasteiger partial charge is 0.317 e. The van der Waals surface area contributed by atoms with Crippen molar-refractivity contribution in [1.82, 2.24) is 10.2 Å². The van der Waals surface area contributed by atoms with Gasteiger partial charge in [0.15, 0.2) is 0 Å². The Balaban J connectivity index is 1.59. The van der Waals surface area contributed by atoms with Crippen molar-refractivity contribution in [3.63, 3.8) is 0 Å². The molecule has 21 heavy (non-hydrogen) atoms. The van der Waals surface area contributed by atoms with Crippen LogP contribution in [0.2, 0.25) is 5.02 Å². The van der Waals surface area contributed by atoms with E-state index >= 15 is 0 Å². The summed E-state index contributed by atoms with van der Waals surface area (Å²) >= 11 is 5.95. The first-order chi connectivity index (χ1) is 10.1. The summed E-state index contributed by atoms with van der Waals surface area (Å²) in [6.07, 6.45) is 5.77. The van der Waals surface area contributed by atoms with E-state index in [0.29, 0.717) is 6.04 Å². The molecule has 0 spiro atoms. The Morgan fingerprint density at radius 2 is 2.05 bits per heavy atom. The maximum absolute atomic E-state index is 12.4. The van der Waals surface area contributed by atoms with Crippen molar-refractivity contribution >= 4 is 17.6 Å². The van der Waals surface area contributed by atoms with Crippen molar-refractivity contribution in [2.45, 2.75) is 50.5 Å². The average Bonchev–Trinajstić information content (AvgIpc) is 3.27. The number of carbonyl (C=O) groups excluding carboxylic acids is 1. The molecule has 1 heterocycles. The zero-order valence-electron chi connectivity index (χ0n) is 12.6. The first-order valence-electron chi connectivity index (χ1n) is 7.91. The molecule has 1 N–H and O–H groups in total. The highest BCUT2D eigenvalue weighted by atomic mass is 35.5. The molecule has 2 fully saturated rings. The molecule has 1 aromatic carbocycles. The molecule has 0 bridgehead atoms. The van der Waals surface area contributed by atoms with E-state index in [1.165, 1.54) is 12.0 Å². The van der Waals surface area contributed by atoms with Crippen LogP contribution in [-0.4, -0.2) is 30.1 Å². The molecule has 1 aliphatic heterocycles. The average molecular weight is 307 g/mol. The number of hydrogen-bond acceptors (Lipinski definition) is 1. The Kier molecular flexibility index (Phi) is 4.12. The number of benzene rings is 1. The zero-order valence-corrected chi connectivity index (χ0v) is 13.3. The summed E-state index contributed by atoms with van der Waals surface area (Å²) in [5.41, 5.74) is 1.43. The first-order valence-corrected chi connectivity index (χ1v) is 8.29. The number of halogens is 1. The monoisotopic (exact) mass is 306 g/mol. The molecule has 0 radical (unpaired) electrons. The predicted octanol–water partition coefficient (Wildman–Crippen LogP) is 3.96. The van der Waals surface area contributed by atoms with Crippen molar-refractivity contribution in [3.8, 4) is 0 Å². The van der Waals surface area contributed by atoms with E-state index in [1.54, 1.807) is 0 Å². The van der Waals surface area contributed by atoms with Crippen molar-refractivity contribution in [3.05, 3.63) is 34.9 Å². The van der Waals surface area contributed by atoms with E-state index in [9.17, 15) is 4.79 Å². The second-order valence-electron chi connectivity index (χ2n) is 6.48. The number of nitrogens with one attached hydrogen (secondary N) is 1. The van der Waals surface area contributed by atoms with Gasteiger partial charge in [0.05, 0.1) is 0 Å². The molecule has 2 aliphatic rings. The number of likely N-dealkylation sites (tertiary alicyclic amines) is 1. The summed E-state index contributed by atoms with van der Waals surface area (Å²) in [6.45, 7) is 3.77. The number of amides is 2. The van der Waals surface area contributed by atoms with E-state index in [0.717, 1.165) is 43.8 Å². The summed E-state index contributed by atoms with van der Waals surface area (Å²) in [7, 11) is 0. The highest BCUT2D eigenvalue weighted by Gasteiger charge is 2.44. The minimum atomic E-state index is 0.0995. The van der Waals surface area contributed by atoms with E-state index in [1.807, 2.05) is 17.0 Å². The molecule has 1 unspecified atom stereocenters. The lowest BCUT2D eigenvalue weighted by molar-refractivity contribution is 0.157. The Morgan fingerprint density at radius 1 is 1.33 bits per heavy atom. The van der Waals surface area contributed by atoms with E-state index < -0.39 is 0 Å². The molecule has 1 saturated heterocycles. The van der Waals surface area contributed by atoms with Crippen LogP contribution in [-0.2, 0) is 5.41 Å². The molecule has 2 amide bonds. The Labute approximate surface area is 131 Å². The van der Waals surface area contributed by atoms with Crippen molar-refractivity contribution in [2.75, 3.05) is 13.1 Å². The van der Waals surface area contributed by atoms with Gasteiger partial charge in [-0.3, -0.25) is 0 Å². The zero-order chi connectivity index (χ0) is 14.9. The van der Waals surface area contributed by atoms with Crippen LogP contribution in [0.4, 0.5) is 4.79 Å². The van der Waals surface area contributed by atoms with Crippen LogP contribution in [0.1, 0.15) is 44.6 Å². The number of nitrogens with zero attached hydrogens (tertiary/aromatic N) is 1. The third kappa shape index (κ3) is 3.18. The van der Waals surface area contributed by atoms with Crippen LogP contribution in [0, 0.1) is 0 Å². The SMILES string of the molecule is CC1CCCCN1C(=O)NCC1(c2ccc(Cl)cc2)CC1. The molecule has 4 heteroatoms. The van der Waals surface area contributed by atoms with Gasteiger partial charge < -0.3 is 10.2 Å². The Morgan fingerprint density at radius 3 is 2.67 bits per heavy atom. The van der Waals surface area contributed by atoms with Crippen molar-refractivity contribution < 1.29 is 4.79 Å². The summed E-state index contributed by atoms with van der Waals surface area (Å²) < 4.78 is 0. The van der Waals surface area contributed by atoms with Gasteiger partial charge in [-0.25, -0.2) is 4.79 Å². The van der Waals surface area contributed by atoms with E-state index in [2.05, 4.69) is 24.4 Å². The second kappa shape index (κ2) is 5.88. The third-order valence-corrected chi connectivity index (χ3v) is 5.20. The second-order valence-corrected chi connectivity index (χ2v) is 6.92. The quantitative estimate of drug-likeness (QED) is 0.901. The predicted molar refractivity (Wildman–Crippen MR) is 85.8 cm³/mol. The lowest BCUT2D eigenvalue weighted by atomic mass is 9.96. The molecule has 1 aromatic rings. The van der Waals surface area contributed by atoms with Crippen LogP contribution >= 0.6 is 11.6 Å². The molecular weight excluding hydrogens is 284 g/mol. The van der Waals surface area contributed by atoms with Gasteiger partial charge in [-0.1, -0.05) is 23.7 Å². The third-order valence-electron chi connectivity index (χ3n) is 4.95.